The van der Waals surface area contributed by atoms with Crippen molar-refractivity contribution in [1.82, 2.24) is 15.3 Å². The van der Waals surface area contributed by atoms with Crippen molar-refractivity contribution < 1.29 is 4.74 Å². The number of hydrogen-bond acceptors (Lipinski definition) is 4. The van der Waals surface area contributed by atoms with Gasteiger partial charge in [-0.15, -0.1) is 0 Å². The maximum atomic E-state index is 5.96. The van der Waals surface area contributed by atoms with E-state index >= 15 is 0 Å². The summed E-state index contributed by atoms with van der Waals surface area (Å²) in [5, 5.41) is 4.53. The Hall–Kier alpha value is -2.46. The Balaban J connectivity index is 1.51. The van der Waals surface area contributed by atoms with Gasteiger partial charge in [0.05, 0.1) is 5.52 Å². The van der Waals surface area contributed by atoms with E-state index in [4.69, 9.17) is 9.72 Å². The zero-order valence-corrected chi connectivity index (χ0v) is 13.6. The summed E-state index contributed by atoms with van der Waals surface area (Å²) in [4.78, 5) is 9.20. The van der Waals surface area contributed by atoms with E-state index in [0.717, 1.165) is 48.1 Å². The molecule has 2 aromatic heterocycles. The van der Waals surface area contributed by atoms with E-state index in [1.807, 2.05) is 30.5 Å². The number of para-hydroxylation sites is 1. The van der Waals surface area contributed by atoms with Crippen molar-refractivity contribution in [1.29, 1.82) is 0 Å². The summed E-state index contributed by atoms with van der Waals surface area (Å²) in [5.41, 5.74) is 3.22. The van der Waals surface area contributed by atoms with Crippen LogP contribution in [0.4, 0.5) is 0 Å². The molecule has 24 heavy (non-hydrogen) atoms. The number of pyridine rings is 2. The number of hydrogen-bond donors (Lipinski definition) is 1. The van der Waals surface area contributed by atoms with Crippen LogP contribution in [0.5, 0.6) is 5.88 Å². The van der Waals surface area contributed by atoms with Gasteiger partial charge in [0.15, 0.2) is 0 Å². The molecule has 0 saturated carbocycles. The predicted octanol–water partition coefficient (Wildman–Crippen LogP) is 3.68. The van der Waals surface area contributed by atoms with Gasteiger partial charge in [-0.1, -0.05) is 30.3 Å². The second kappa shape index (κ2) is 6.97. The van der Waals surface area contributed by atoms with Crippen LogP contribution in [0, 0.1) is 0 Å². The van der Waals surface area contributed by atoms with E-state index in [9.17, 15) is 0 Å². The number of benzene rings is 1. The lowest BCUT2D eigenvalue weighted by Crippen LogP contribution is -2.27. The highest BCUT2D eigenvalue weighted by Gasteiger charge is 2.16. The Morgan fingerprint density at radius 1 is 1.00 bits per heavy atom. The number of aromatic nitrogens is 2. The molecule has 1 fully saturated rings. The van der Waals surface area contributed by atoms with Gasteiger partial charge in [0, 0.05) is 34.8 Å². The van der Waals surface area contributed by atoms with Crippen LogP contribution in [0.1, 0.15) is 30.0 Å². The van der Waals surface area contributed by atoms with Crippen molar-refractivity contribution in [2.75, 3.05) is 13.1 Å². The van der Waals surface area contributed by atoms with Gasteiger partial charge in [-0.05, 0) is 38.1 Å². The Morgan fingerprint density at radius 3 is 2.75 bits per heavy atom. The molecular formula is C20H21N3O. The molecule has 1 N–H and O–H groups in total. The second-order valence-corrected chi connectivity index (χ2v) is 6.21. The Bertz CT molecular complexity index is 822. The lowest BCUT2D eigenvalue weighted by Gasteiger charge is -2.22. The Labute approximate surface area is 141 Å². The average Bonchev–Trinajstić information content (AvgIpc) is 2.67. The molecule has 122 valence electrons. The third-order valence-electron chi connectivity index (χ3n) is 4.59. The highest BCUT2D eigenvalue weighted by Crippen LogP contribution is 2.25. The molecule has 1 aliphatic rings. The predicted molar refractivity (Wildman–Crippen MR) is 95.2 cm³/mol. The number of piperidine rings is 1. The molecule has 3 aromatic rings. The summed E-state index contributed by atoms with van der Waals surface area (Å²) in [6.45, 7) is 2.62. The lowest BCUT2D eigenvalue weighted by atomic mass is 9.94. The van der Waals surface area contributed by atoms with Crippen LogP contribution >= 0.6 is 0 Å². The second-order valence-electron chi connectivity index (χ2n) is 6.21. The Kier molecular flexibility index (Phi) is 4.38. The highest BCUT2D eigenvalue weighted by atomic mass is 16.5. The molecule has 1 aliphatic heterocycles. The van der Waals surface area contributed by atoms with Crippen molar-refractivity contribution in [3.05, 3.63) is 66.0 Å². The van der Waals surface area contributed by atoms with Crippen LogP contribution < -0.4 is 10.1 Å². The fourth-order valence-corrected chi connectivity index (χ4v) is 3.29. The summed E-state index contributed by atoms with van der Waals surface area (Å²) in [7, 11) is 0. The lowest BCUT2D eigenvalue weighted by molar-refractivity contribution is 0.292. The maximum absolute atomic E-state index is 5.96. The first-order chi connectivity index (χ1) is 11.9. The minimum Gasteiger partial charge on any atom is -0.473 e. The van der Waals surface area contributed by atoms with Gasteiger partial charge < -0.3 is 10.1 Å². The molecule has 1 aromatic carbocycles. The Morgan fingerprint density at radius 2 is 1.83 bits per heavy atom. The molecule has 0 amide bonds. The van der Waals surface area contributed by atoms with Gasteiger partial charge in [0.25, 0.3) is 0 Å². The largest absolute Gasteiger partial charge is 0.473 e. The summed E-state index contributed by atoms with van der Waals surface area (Å²) < 4.78 is 5.96. The molecule has 0 unspecified atom stereocenters. The molecule has 3 heterocycles. The first kappa shape index (κ1) is 15.1. The van der Waals surface area contributed by atoms with Gasteiger partial charge in [-0.3, -0.25) is 4.98 Å². The van der Waals surface area contributed by atoms with Crippen LogP contribution in [-0.4, -0.2) is 23.1 Å². The first-order valence-corrected chi connectivity index (χ1v) is 8.53. The molecule has 4 rings (SSSR count). The first-order valence-electron chi connectivity index (χ1n) is 8.53. The van der Waals surface area contributed by atoms with E-state index in [2.05, 4.69) is 34.6 Å². The van der Waals surface area contributed by atoms with E-state index < -0.39 is 0 Å². The van der Waals surface area contributed by atoms with Crippen molar-refractivity contribution in [2.45, 2.75) is 25.4 Å². The van der Waals surface area contributed by atoms with Gasteiger partial charge in [-0.2, -0.15) is 0 Å². The standard InChI is InChI=1S/C20H21N3O/c1-4-16-6-3-11-22-20(16)17(5-1)14-24-19-8-2-7-18(23-19)15-9-12-21-13-10-15/h1-8,11,15,21H,9-10,12-14H2. The zero-order chi connectivity index (χ0) is 16.2. The number of nitrogens with zero attached hydrogens (tertiary/aromatic N) is 2. The molecule has 1 saturated heterocycles. The molecule has 4 nitrogen and oxygen atoms in total. The van der Waals surface area contributed by atoms with Crippen LogP contribution in [0.25, 0.3) is 10.9 Å². The highest BCUT2D eigenvalue weighted by molar-refractivity contribution is 5.81. The topological polar surface area (TPSA) is 47.0 Å². The van der Waals surface area contributed by atoms with Crippen molar-refractivity contribution in [3.8, 4) is 5.88 Å². The molecule has 0 radical (unpaired) electrons. The third kappa shape index (κ3) is 3.24. The molecule has 0 aliphatic carbocycles. The van der Waals surface area contributed by atoms with E-state index in [1.165, 1.54) is 0 Å². The number of rotatable bonds is 4. The molecular weight excluding hydrogens is 298 g/mol. The number of nitrogens with one attached hydrogen (secondary N) is 1. The van der Waals surface area contributed by atoms with Crippen LogP contribution in [0.15, 0.2) is 54.7 Å². The van der Waals surface area contributed by atoms with Gasteiger partial charge >= 0.3 is 0 Å². The van der Waals surface area contributed by atoms with Crippen molar-refractivity contribution in [2.24, 2.45) is 0 Å². The van der Waals surface area contributed by atoms with Crippen LogP contribution in [0.2, 0.25) is 0 Å². The molecule has 4 heteroatoms. The van der Waals surface area contributed by atoms with Gasteiger partial charge in [0.1, 0.15) is 6.61 Å². The number of fused-ring (bicyclic) bond motifs is 1. The van der Waals surface area contributed by atoms with E-state index in [1.54, 1.807) is 0 Å². The summed E-state index contributed by atoms with van der Waals surface area (Å²) >= 11 is 0. The number of ether oxygens (including phenoxy) is 1. The quantitative estimate of drug-likeness (QED) is 0.797. The molecule has 0 bridgehead atoms. The fourth-order valence-electron chi connectivity index (χ4n) is 3.29. The third-order valence-corrected chi connectivity index (χ3v) is 4.59. The summed E-state index contributed by atoms with van der Waals surface area (Å²) in [6, 6.07) is 16.3. The van der Waals surface area contributed by atoms with Crippen molar-refractivity contribution in [3.63, 3.8) is 0 Å². The minimum absolute atomic E-state index is 0.483. The van der Waals surface area contributed by atoms with Gasteiger partial charge in [-0.25, -0.2) is 4.98 Å². The average molecular weight is 319 g/mol. The summed E-state index contributed by atoms with van der Waals surface area (Å²) in [6.07, 6.45) is 4.11. The molecule has 0 spiro atoms. The SMILES string of the molecule is c1cc(OCc2cccc3cccnc23)nc(C2CCNCC2)c1. The maximum Gasteiger partial charge on any atom is 0.213 e. The monoisotopic (exact) mass is 319 g/mol. The van der Waals surface area contributed by atoms with Crippen molar-refractivity contribution >= 4 is 10.9 Å². The normalized spacial score (nSPS) is 15.5. The summed E-state index contributed by atoms with van der Waals surface area (Å²) in [5.74, 6) is 1.23. The zero-order valence-electron chi connectivity index (χ0n) is 13.6. The van der Waals surface area contributed by atoms with E-state index in [-0.39, 0.29) is 0 Å². The molecule has 0 atom stereocenters. The smallest absolute Gasteiger partial charge is 0.213 e. The fraction of sp³-hybridized carbons (Fsp3) is 0.300. The van der Waals surface area contributed by atoms with Gasteiger partial charge in [0.2, 0.25) is 5.88 Å². The van der Waals surface area contributed by atoms with Crippen LogP contribution in [-0.2, 0) is 6.61 Å². The van der Waals surface area contributed by atoms with E-state index in [0.29, 0.717) is 18.4 Å². The van der Waals surface area contributed by atoms with Crippen LogP contribution in [0.3, 0.4) is 0 Å². The minimum atomic E-state index is 0.483.